The predicted molar refractivity (Wildman–Crippen MR) is 124 cm³/mol. The first-order chi connectivity index (χ1) is 14.1. The minimum atomic E-state index is -0.0941. The summed E-state index contributed by atoms with van der Waals surface area (Å²) in [6.07, 6.45) is 17.1. The summed E-state index contributed by atoms with van der Waals surface area (Å²) in [7, 11) is 0. The van der Waals surface area contributed by atoms with Crippen molar-refractivity contribution in [3.63, 3.8) is 0 Å². The molecule has 2 nitrogen and oxygen atoms in total. The van der Waals surface area contributed by atoms with Crippen molar-refractivity contribution < 1.29 is 9.53 Å². The molecule has 30 heavy (non-hydrogen) atoms. The SMILES string of the molecule is CC(=O)O[C@@H]1CC[C@@]2(C)[C@@H](CC[C@@H]3[C@@H]2CC[C@@]2(C)[C@@H]([C@@H](C)/C=C\C(C)C)CC[C@@H]32)C1. The standard InChI is InChI=1S/C28H46O2/c1-18(2)7-8-19(3)24-11-12-25-23-10-9-21-17-22(30-20(4)29)13-15-27(21,5)26(23)14-16-28(24,25)6/h7-8,18-19,21-26H,9-17H2,1-6H3/b8-7-/t19-,21-,22+,23-,24+,25-,26-,27-,28-/m0/s1. The van der Waals surface area contributed by atoms with Gasteiger partial charge in [0, 0.05) is 6.92 Å². The molecule has 4 aliphatic rings. The van der Waals surface area contributed by atoms with Crippen molar-refractivity contribution in [2.24, 2.45) is 52.3 Å². The van der Waals surface area contributed by atoms with Crippen LogP contribution in [0.1, 0.15) is 99.3 Å². The van der Waals surface area contributed by atoms with Crippen LogP contribution in [0.5, 0.6) is 0 Å². The quantitative estimate of drug-likeness (QED) is 0.353. The summed E-state index contributed by atoms with van der Waals surface area (Å²) in [4.78, 5) is 11.5. The van der Waals surface area contributed by atoms with E-state index in [1.165, 1.54) is 44.9 Å². The number of carbonyl (C=O) groups excluding carboxylic acids is 1. The second-order valence-electron chi connectivity index (χ2n) is 12.4. The largest absolute Gasteiger partial charge is 0.463 e. The molecular formula is C28H46O2. The van der Waals surface area contributed by atoms with Crippen LogP contribution in [0.4, 0.5) is 0 Å². The van der Waals surface area contributed by atoms with Crippen molar-refractivity contribution in [3.05, 3.63) is 12.2 Å². The molecule has 0 aromatic carbocycles. The fourth-order valence-electron chi connectivity index (χ4n) is 9.00. The highest BCUT2D eigenvalue weighted by Crippen LogP contribution is 2.68. The van der Waals surface area contributed by atoms with Crippen molar-refractivity contribution in [2.75, 3.05) is 0 Å². The maximum absolute atomic E-state index is 11.5. The second kappa shape index (κ2) is 8.28. The lowest BCUT2D eigenvalue weighted by molar-refractivity contribution is -0.160. The van der Waals surface area contributed by atoms with Crippen LogP contribution in [-0.2, 0) is 9.53 Å². The summed E-state index contributed by atoms with van der Waals surface area (Å²) in [6, 6.07) is 0. The molecule has 0 radical (unpaired) electrons. The Balaban J connectivity index is 1.49. The Labute approximate surface area is 185 Å². The molecule has 4 rings (SSSR count). The Hall–Kier alpha value is -0.790. The van der Waals surface area contributed by atoms with Gasteiger partial charge in [0.1, 0.15) is 6.10 Å². The molecule has 4 aliphatic carbocycles. The lowest BCUT2D eigenvalue weighted by Crippen LogP contribution is -2.54. The molecule has 0 N–H and O–H groups in total. The number of fused-ring (bicyclic) bond motifs is 5. The number of allylic oxidation sites excluding steroid dienone is 2. The van der Waals surface area contributed by atoms with Gasteiger partial charge in [-0.2, -0.15) is 0 Å². The van der Waals surface area contributed by atoms with Gasteiger partial charge in [-0.1, -0.05) is 46.8 Å². The van der Waals surface area contributed by atoms with Gasteiger partial charge in [0.2, 0.25) is 0 Å². The normalized spacial score (nSPS) is 46.9. The van der Waals surface area contributed by atoms with Gasteiger partial charge < -0.3 is 4.74 Å². The number of esters is 1. The lowest BCUT2D eigenvalue weighted by atomic mass is 9.44. The van der Waals surface area contributed by atoms with Crippen LogP contribution >= 0.6 is 0 Å². The highest BCUT2D eigenvalue weighted by atomic mass is 16.5. The van der Waals surface area contributed by atoms with Crippen molar-refractivity contribution in [3.8, 4) is 0 Å². The topological polar surface area (TPSA) is 26.3 Å². The highest BCUT2D eigenvalue weighted by Gasteiger charge is 2.60. The van der Waals surface area contributed by atoms with E-state index in [0.29, 0.717) is 22.7 Å². The summed E-state index contributed by atoms with van der Waals surface area (Å²) < 4.78 is 5.64. The Morgan fingerprint density at radius 1 is 0.900 bits per heavy atom. The Bertz CT molecular complexity index is 666. The zero-order valence-electron chi connectivity index (χ0n) is 20.5. The molecule has 4 saturated carbocycles. The summed E-state index contributed by atoms with van der Waals surface area (Å²) >= 11 is 0. The second-order valence-corrected chi connectivity index (χ2v) is 12.4. The van der Waals surface area contributed by atoms with Gasteiger partial charge in [0.25, 0.3) is 0 Å². The van der Waals surface area contributed by atoms with Crippen LogP contribution in [0, 0.1) is 52.3 Å². The molecule has 0 unspecified atom stereocenters. The predicted octanol–water partition coefficient (Wildman–Crippen LogP) is 7.43. The Morgan fingerprint density at radius 2 is 1.60 bits per heavy atom. The zero-order valence-corrected chi connectivity index (χ0v) is 20.5. The van der Waals surface area contributed by atoms with Gasteiger partial charge >= 0.3 is 5.97 Å². The van der Waals surface area contributed by atoms with Gasteiger partial charge in [0.05, 0.1) is 0 Å². The van der Waals surface area contributed by atoms with Crippen LogP contribution in [-0.4, -0.2) is 12.1 Å². The molecule has 0 aromatic heterocycles. The van der Waals surface area contributed by atoms with Crippen molar-refractivity contribution in [1.29, 1.82) is 0 Å². The number of carbonyl (C=O) groups is 1. The fraction of sp³-hybridized carbons (Fsp3) is 0.893. The van der Waals surface area contributed by atoms with E-state index >= 15 is 0 Å². The van der Waals surface area contributed by atoms with E-state index < -0.39 is 0 Å². The van der Waals surface area contributed by atoms with E-state index in [9.17, 15) is 4.79 Å². The molecule has 0 aromatic rings. The molecule has 0 heterocycles. The lowest BCUT2D eigenvalue weighted by Gasteiger charge is -2.61. The average Bonchev–Trinajstić information content (AvgIpc) is 3.03. The third-order valence-electron chi connectivity index (χ3n) is 10.5. The zero-order chi connectivity index (χ0) is 21.7. The fourth-order valence-corrected chi connectivity index (χ4v) is 9.00. The van der Waals surface area contributed by atoms with Crippen LogP contribution in [0.15, 0.2) is 12.2 Å². The van der Waals surface area contributed by atoms with Crippen molar-refractivity contribution in [1.82, 2.24) is 0 Å². The molecule has 0 saturated heterocycles. The summed E-state index contributed by atoms with van der Waals surface area (Å²) in [6.45, 7) is 13.9. The highest BCUT2D eigenvalue weighted by molar-refractivity contribution is 5.66. The first-order valence-corrected chi connectivity index (χ1v) is 13.0. The molecule has 0 bridgehead atoms. The minimum absolute atomic E-state index is 0.0941. The van der Waals surface area contributed by atoms with Crippen LogP contribution in [0.25, 0.3) is 0 Å². The van der Waals surface area contributed by atoms with Crippen LogP contribution in [0.3, 0.4) is 0 Å². The monoisotopic (exact) mass is 414 g/mol. The Morgan fingerprint density at radius 3 is 2.30 bits per heavy atom. The molecular weight excluding hydrogens is 368 g/mol. The first kappa shape index (κ1) is 22.4. The first-order valence-electron chi connectivity index (χ1n) is 13.0. The molecule has 0 amide bonds. The van der Waals surface area contributed by atoms with Gasteiger partial charge in [-0.3, -0.25) is 4.79 Å². The summed E-state index contributed by atoms with van der Waals surface area (Å²) in [5.74, 6) is 5.66. The van der Waals surface area contributed by atoms with Gasteiger partial charge in [-0.15, -0.1) is 0 Å². The smallest absolute Gasteiger partial charge is 0.302 e. The van der Waals surface area contributed by atoms with E-state index in [1.807, 2.05) is 0 Å². The molecule has 2 heteroatoms. The molecule has 0 spiro atoms. The van der Waals surface area contributed by atoms with E-state index in [2.05, 4.69) is 46.8 Å². The summed E-state index contributed by atoms with van der Waals surface area (Å²) in [5.41, 5.74) is 1.02. The van der Waals surface area contributed by atoms with Crippen molar-refractivity contribution >= 4 is 5.97 Å². The maximum Gasteiger partial charge on any atom is 0.302 e. The number of hydrogen-bond donors (Lipinski definition) is 0. The van der Waals surface area contributed by atoms with E-state index in [4.69, 9.17) is 4.74 Å². The Kier molecular flexibility index (Phi) is 6.19. The van der Waals surface area contributed by atoms with Gasteiger partial charge in [0.15, 0.2) is 0 Å². The van der Waals surface area contributed by atoms with E-state index in [-0.39, 0.29) is 12.1 Å². The number of ether oxygens (including phenoxy) is 1. The summed E-state index contributed by atoms with van der Waals surface area (Å²) in [5, 5.41) is 0. The van der Waals surface area contributed by atoms with E-state index in [0.717, 1.165) is 42.4 Å². The molecule has 9 atom stereocenters. The average molecular weight is 415 g/mol. The van der Waals surface area contributed by atoms with Gasteiger partial charge in [-0.25, -0.2) is 0 Å². The number of hydrogen-bond acceptors (Lipinski definition) is 2. The van der Waals surface area contributed by atoms with Gasteiger partial charge in [-0.05, 0) is 110 Å². The molecule has 170 valence electrons. The number of rotatable bonds is 4. The van der Waals surface area contributed by atoms with E-state index in [1.54, 1.807) is 6.92 Å². The minimum Gasteiger partial charge on any atom is -0.463 e. The maximum atomic E-state index is 11.5. The third-order valence-corrected chi connectivity index (χ3v) is 10.5. The van der Waals surface area contributed by atoms with Crippen LogP contribution < -0.4 is 0 Å². The van der Waals surface area contributed by atoms with Crippen molar-refractivity contribution in [2.45, 2.75) is 105 Å². The molecule has 4 fully saturated rings. The molecule has 0 aliphatic heterocycles. The van der Waals surface area contributed by atoms with Crippen LogP contribution in [0.2, 0.25) is 0 Å². The third kappa shape index (κ3) is 3.79.